The van der Waals surface area contributed by atoms with E-state index in [1.54, 1.807) is 60.7 Å². The maximum atomic E-state index is 12.6. The number of carbonyl (C=O) groups excluding carboxylic acids is 3. The van der Waals surface area contributed by atoms with Crippen LogP contribution in [0.1, 0.15) is 69.2 Å². The van der Waals surface area contributed by atoms with Crippen molar-refractivity contribution in [2.24, 2.45) is 0 Å². The van der Waals surface area contributed by atoms with Gasteiger partial charge in [0.05, 0.1) is 12.2 Å². The smallest absolute Gasteiger partial charge is 0.273 e. The molecule has 0 radical (unpaired) electrons. The first-order chi connectivity index (χ1) is 17.0. The summed E-state index contributed by atoms with van der Waals surface area (Å²) in [6.45, 7) is 4.60. The highest BCUT2D eigenvalue weighted by molar-refractivity contribution is 6.05. The molecule has 7 nitrogen and oxygen atoms in total. The van der Waals surface area contributed by atoms with Crippen LogP contribution in [0.15, 0.2) is 72.8 Å². The summed E-state index contributed by atoms with van der Waals surface area (Å²) >= 11 is 0. The number of para-hydroxylation sites is 1. The van der Waals surface area contributed by atoms with Crippen LogP contribution >= 0.6 is 0 Å². The zero-order valence-corrected chi connectivity index (χ0v) is 20.1. The minimum absolute atomic E-state index is 0.232. The second-order valence-electron chi connectivity index (χ2n) is 8.21. The average molecular weight is 474 g/mol. The molecule has 0 unspecified atom stereocenters. The van der Waals surface area contributed by atoms with Gasteiger partial charge in [-0.15, -0.1) is 0 Å². The van der Waals surface area contributed by atoms with Crippen LogP contribution in [0.5, 0.6) is 5.75 Å². The molecule has 0 atom stereocenters. The van der Waals surface area contributed by atoms with Crippen LogP contribution in [0.2, 0.25) is 0 Å². The van der Waals surface area contributed by atoms with Crippen LogP contribution < -0.4 is 20.9 Å². The van der Waals surface area contributed by atoms with E-state index in [0.717, 1.165) is 31.2 Å². The molecule has 3 aromatic rings. The van der Waals surface area contributed by atoms with Crippen molar-refractivity contribution in [2.45, 2.75) is 39.5 Å². The number of carbonyl (C=O) groups is 3. The normalized spacial score (nSPS) is 10.3. The third-order valence-corrected chi connectivity index (χ3v) is 5.36. The molecule has 0 saturated carbocycles. The first kappa shape index (κ1) is 25.5. The lowest BCUT2D eigenvalue weighted by Gasteiger charge is -2.12. The summed E-state index contributed by atoms with van der Waals surface area (Å²) in [7, 11) is 0. The van der Waals surface area contributed by atoms with Crippen molar-refractivity contribution in [2.75, 3.05) is 11.9 Å². The third kappa shape index (κ3) is 7.71. The van der Waals surface area contributed by atoms with Crippen LogP contribution in [-0.2, 0) is 0 Å². The number of hydrogen-bond donors (Lipinski definition) is 3. The highest BCUT2D eigenvalue weighted by atomic mass is 16.5. The SMILES string of the molecule is CCCCCCOc1ccccc1C(=O)NNC(=O)c1ccc(NC(=O)c2cccc(C)c2)cc1. The Hall–Kier alpha value is -4.13. The number of aryl methyl sites for hydroxylation is 1. The molecular formula is C28H31N3O4. The van der Waals surface area contributed by atoms with Gasteiger partial charge in [0.25, 0.3) is 17.7 Å². The predicted octanol–water partition coefficient (Wildman–Crippen LogP) is 5.28. The molecule has 3 aromatic carbocycles. The first-order valence-corrected chi connectivity index (χ1v) is 11.8. The number of hydrogen-bond acceptors (Lipinski definition) is 4. The van der Waals surface area contributed by atoms with Crippen molar-refractivity contribution in [3.05, 3.63) is 95.1 Å². The van der Waals surface area contributed by atoms with Gasteiger partial charge in [0.15, 0.2) is 0 Å². The Morgan fingerprint density at radius 3 is 2.23 bits per heavy atom. The summed E-state index contributed by atoms with van der Waals surface area (Å²) in [6, 6.07) is 20.6. The number of nitrogens with one attached hydrogen (secondary N) is 3. The summed E-state index contributed by atoms with van der Waals surface area (Å²) in [4.78, 5) is 37.5. The maximum absolute atomic E-state index is 12.6. The zero-order valence-electron chi connectivity index (χ0n) is 20.1. The fourth-order valence-corrected chi connectivity index (χ4v) is 3.44. The van der Waals surface area contributed by atoms with Crippen molar-refractivity contribution in [3.63, 3.8) is 0 Å². The van der Waals surface area contributed by atoms with Crippen molar-refractivity contribution in [3.8, 4) is 5.75 Å². The van der Waals surface area contributed by atoms with Crippen LogP contribution in [-0.4, -0.2) is 24.3 Å². The van der Waals surface area contributed by atoms with Crippen molar-refractivity contribution >= 4 is 23.4 Å². The van der Waals surface area contributed by atoms with E-state index in [-0.39, 0.29) is 5.91 Å². The standard InChI is InChI=1S/C28H31N3O4/c1-3-4-5-8-18-35-25-13-7-6-12-24(25)28(34)31-30-27(33)21-14-16-23(17-15-21)29-26(32)22-11-9-10-20(2)19-22/h6-7,9-17,19H,3-5,8,18H2,1-2H3,(H,29,32)(H,30,33)(H,31,34). The molecule has 0 aliphatic heterocycles. The molecule has 182 valence electrons. The van der Waals surface area contributed by atoms with E-state index < -0.39 is 11.8 Å². The molecule has 0 aliphatic rings. The molecule has 0 fully saturated rings. The molecule has 0 aromatic heterocycles. The minimum Gasteiger partial charge on any atom is -0.493 e. The second kappa shape index (κ2) is 12.9. The van der Waals surface area contributed by atoms with E-state index >= 15 is 0 Å². The van der Waals surface area contributed by atoms with Gasteiger partial charge in [-0.05, 0) is 61.9 Å². The minimum atomic E-state index is -0.479. The summed E-state index contributed by atoms with van der Waals surface area (Å²) in [5.74, 6) is -0.703. The highest BCUT2D eigenvalue weighted by Crippen LogP contribution is 2.18. The van der Waals surface area contributed by atoms with Crippen LogP contribution in [0.25, 0.3) is 0 Å². The van der Waals surface area contributed by atoms with Gasteiger partial charge in [-0.3, -0.25) is 25.2 Å². The lowest BCUT2D eigenvalue weighted by Crippen LogP contribution is -2.41. The fraction of sp³-hybridized carbons (Fsp3) is 0.250. The number of hydrazine groups is 1. The monoisotopic (exact) mass is 473 g/mol. The van der Waals surface area contributed by atoms with Crippen LogP contribution in [0, 0.1) is 6.92 Å². The molecule has 0 aliphatic carbocycles. The first-order valence-electron chi connectivity index (χ1n) is 11.8. The van der Waals surface area contributed by atoms with Crippen molar-refractivity contribution in [1.29, 1.82) is 0 Å². The molecule has 3 N–H and O–H groups in total. The number of unbranched alkanes of at least 4 members (excludes halogenated alkanes) is 3. The quantitative estimate of drug-likeness (QED) is 0.276. The second-order valence-corrected chi connectivity index (χ2v) is 8.21. The third-order valence-electron chi connectivity index (χ3n) is 5.36. The van der Waals surface area contributed by atoms with Crippen LogP contribution in [0.3, 0.4) is 0 Å². The summed E-state index contributed by atoms with van der Waals surface area (Å²) < 4.78 is 5.77. The lowest BCUT2D eigenvalue weighted by molar-refractivity contribution is 0.0844. The topological polar surface area (TPSA) is 96.5 Å². The molecular weight excluding hydrogens is 442 g/mol. The Labute approximate surface area is 205 Å². The maximum Gasteiger partial charge on any atom is 0.273 e. The van der Waals surface area contributed by atoms with Gasteiger partial charge >= 0.3 is 0 Å². The molecule has 0 spiro atoms. The van der Waals surface area contributed by atoms with Gasteiger partial charge in [0.2, 0.25) is 0 Å². The van der Waals surface area contributed by atoms with E-state index in [1.807, 2.05) is 19.1 Å². The van der Waals surface area contributed by atoms with Crippen LogP contribution in [0.4, 0.5) is 5.69 Å². The van der Waals surface area contributed by atoms with E-state index in [1.165, 1.54) is 0 Å². The lowest BCUT2D eigenvalue weighted by atomic mass is 10.1. The Kier molecular flexibility index (Phi) is 9.42. The van der Waals surface area contributed by atoms with E-state index in [0.29, 0.717) is 34.7 Å². The largest absolute Gasteiger partial charge is 0.493 e. The Morgan fingerprint density at radius 1 is 0.743 bits per heavy atom. The zero-order chi connectivity index (χ0) is 25.0. The molecule has 0 heterocycles. The van der Waals surface area contributed by atoms with E-state index in [9.17, 15) is 14.4 Å². The number of amides is 3. The molecule has 3 rings (SSSR count). The van der Waals surface area contributed by atoms with Crippen molar-refractivity contribution < 1.29 is 19.1 Å². The number of anilines is 1. The fourth-order valence-electron chi connectivity index (χ4n) is 3.44. The van der Waals surface area contributed by atoms with Gasteiger partial charge in [-0.2, -0.15) is 0 Å². The number of rotatable bonds is 10. The molecule has 0 saturated heterocycles. The summed E-state index contributed by atoms with van der Waals surface area (Å²) in [5.41, 5.74) is 7.64. The van der Waals surface area contributed by atoms with Gasteiger partial charge < -0.3 is 10.1 Å². The predicted molar refractivity (Wildman–Crippen MR) is 137 cm³/mol. The summed E-state index contributed by atoms with van der Waals surface area (Å²) in [5, 5.41) is 2.80. The molecule has 3 amide bonds. The Bertz CT molecular complexity index is 1160. The number of ether oxygens (including phenoxy) is 1. The highest BCUT2D eigenvalue weighted by Gasteiger charge is 2.14. The Balaban J connectivity index is 1.52. The average Bonchev–Trinajstić information content (AvgIpc) is 2.87. The molecule has 35 heavy (non-hydrogen) atoms. The van der Waals surface area contributed by atoms with E-state index in [4.69, 9.17) is 4.74 Å². The molecule has 7 heteroatoms. The van der Waals surface area contributed by atoms with Gasteiger partial charge in [-0.1, -0.05) is 56.0 Å². The summed E-state index contributed by atoms with van der Waals surface area (Å²) in [6.07, 6.45) is 4.29. The Morgan fingerprint density at radius 2 is 1.49 bits per heavy atom. The molecule has 0 bridgehead atoms. The van der Waals surface area contributed by atoms with Gasteiger partial charge in [0.1, 0.15) is 5.75 Å². The van der Waals surface area contributed by atoms with Crippen molar-refractivity contribution in [1.82, 2.24) is 10.9 Å². The van der Waals surface area contributed by atoms with Gasteiger partial charge in [0, 0.05) is 16.8 Å². The van der Waals surface area contributed by atoms with Gasteiger partial charge in [-0.25, -0.2) is 0 Å². The number of benzene rings is 3. The van der Waals surface area contributed by atoms with E-state index in [2.05, 4.69) is 23.1 Å².